The summed E-state index contributed by atoms with van der Waals surface area (Å²) in [7, 11) is 0. The van der Waals surface area contributed by atoms with Gasteiger partial charge in [0, 0.05) is 31.2 Å². The van der Waals surface area contributed by atoms with E-state index in [-0.39, 0.29) is 17.0 Å². The standard InChI is InChI=1S/C15H11BrCl2N2.C15H13BrN2O2.Cl5P/c1-10-5-2-3-8-13(10)15(18)20-19-14(17)11-6-4-7-12(16)9-11;1-10-5-2-3-8-13(10)15(20)18-17-14(19)11-6-4-7-12(16)9-11;1-6(2,3,4)5/h2-9H,1H3;2-9H,1H3,(H,17,19)(H,18,20);/b19-14-,20-15-;;. The SMILES string of the molecule is Cc1ccccc1/C(Cl)=N/N=C(\Cl)c1cccc(Br)c1.Cc1ccccc1C(=O)NNC(=O)c1cccc(Br)c1.ClP(Cl)(Cl)(Cl)Cl. The molecule has 0 heterocycles. The summed E-state index contributed by atoms with van der Waals surface area (Å²) >= 11 is 43.8. The predicted octanol–water partition coefficient (Wildman–Crippen LogP) is 12.5. The van der Waals surface area contributed by atoms with Gasteiger partial charge in [-0.05, 0) is 61.4 Å². The molecule has 46 heavy (non-hydrogen) atoms. The van der Waals surface area contributed by atoms with Gasteiger partial charge in [-0.1, -0.05) is 116 Å². The van der Waals surface area contributed by atoms with Crippen molar-refractivity contribution >= 4 is 137 Å². The number of nitrogens with zero attached hydrogens (tertiary/aromatic N) is 2. The molecule has 16 heteroatoms. The Hall–Kier alpha value is -1.42. The maximum absolute atomic E-state index is 11.9. The number of carbonyl (C=O) groups excluding carboxylic acids is 2. The van der Waals surface area contributed by atoms with Crippen LogP contribution in [0.5, 0.6) is 0 Å². The average Bonchev–Trinajstić information content (AvgIpc) is 2.98. The first-order chi connectivity index (χ1) is 21.4. The first-order valence-corrected chi connectivity index (χ1v) is 21.8. The van der Waals surface area contributed by atoms with Gasteiger partial charge < -0.3 is 0 Å². The van der Waals surface area contributed by atoms with Crippen LogP contribution >= 0.6 is 115 Å². The number of benzene rings is 4. The van der Waals surface area contributed by atoms with Gasteiger partial charge in [0.15, 0.2) is 10.3 Å². The van der Waals surface area contributed by atoms with Crippen LogP contribution in [0.1, 0.15) is 43.0 Å². The summed E-state index contributed by atoms with van der Waals surface area (Å²) in [5.74, 6) is -0.709. The van der Waals surface area contributed by atoms with Crippen LogP contribution in [-0.2, 0) is 0 Å². The van der Waals surface area contributed by atoms with Gasteiger partial charge in [-0.2, -0.15) is 0 Å². The first-order valence-electron chi connectivity index (χ1n) is 12.7. The fraction of sp³-hybridized carbons (Fsp3) is 0.0667. The quantitative estimate of drug-likeness (QED) is 0.119. The molecule has 0 saturated heterocycles. The zero-order valence-corrected chi connectivity index (χ0v) is 33.2. The van der Waals surface area contributed by atoms with Crippen LogP contribution in [0.15, 0.2) is 116 Å². The summed E-state index contributed by atoms with van der Waals surface area (Å²) in [6.45, 7) is 3.80. The summed E-state index contributed by atoms with van der Waals surface area (Å²) < 4.78 is -1.96. The average molecular weight is 912 g/mol. The minimum absolute atomic E-state index is 0.290. The summed E-state index contributed by atoms with van der Waals surface area (Å²) in [6.07, 6.45) is 0. The Morgan fingerprint density at radius 2 is 1.00 bits per heavy atom. The van der Waals surface area contributed by atoms with Gasteiger partial charge >= 0.3 is 59.6 Å². The van der Waals surface area contributed by atoms with Crippen LogP contribution in [-0.4, -0.2) is 22.2 Å². The number of halogens is 9. The van der Waals surface area contributed by atoms with Crippen molar-refractivity contribution in [1.82, 2.24) is 10.9 Å². The Balaban J connectivity index is 0.000000273. The zero-order chi connectivity index (χ0) is 34.5. The third kappa shape index (κ3) is 16.6. The molecular weight excluding hydrogens is 887 g/mol. The molecule has 4 aromatic rings. The van der Waals surface area contributed by atoms with Gasteiger partial charge in [-0.25, -0.2) is 0 Å². The molecule has 0 aliphatic rings. The van der Waals surface area contributed by atoms with Crippen molar-refractivity contribution in [2.45, 2.75) is 13.8 Å². The normalized spacial score (nSPS) is 12.3. The fourth-order valence-electron chi connectivity index (χ4n) is 3.33. The van der Waals surface area contributed by atoms with Crippen molar-refractivity contribution in [1.29, 1.82) is 0 Å². The van der Waals surface area contributed by atoms with Gasteiger partial charge in [0.2, 0.25) is 0 Å². The number of aryl methyl sites for hydroxylation is 2. The summed E-state index contributed by atoms with van der Waals surface area (Å²) in [6, 6.07) is 29.3. The number of hydrazine groups is 1. The van der Waals surface area contributed by atoms with Crippen molar-refractivity contribution < 1.29 is 9.59 Å². The van der Waals surface area contributed by atoms with E-state index in [2.05, 4.69) is 52.9 Å². The Morgan fingerprint density at radius 1 is 0.587 bits per heavy atom. The molecule has 0 atom stereocenters. The van der Waals surface area contributed by atoms with Crippen LogP contribution < -0.4 is 10.9 Å². The van der Waals surface area contributed by atoms with E-state index in [9.17, 15) is 9.59 Å². The molecule has 0 radical (unpaired) electrons. The molecule has 0 aromatic heterocycles. The van der Waals surface area contributed by atoms with Gasteiger partial charge in [0.1, 0.15) is 0 Å². The third-order valence-corrected chi connectivity index (χ3v) is 6.98. The number of rotatable bonds is 5. The second kappa shape index (κ2) is 18.9. The van der Waals surface area contributed by atoms with E-state index >= 15 is 0 Å². The Kier molecular flexibility index (Phi) is 16.8. The second-order valence-electron chi connectivity index (χ2n) is 8.98. The summed E-state index contributed by atoms with van der Waals surface area (Å²) in [5, 5.41) is 8.56. The van der Waals surface area contributed by atoms with E-state index in [0.29, 0.717) is 16.3 Å². The molecule has 244 valence electrons. The van der Waals surface area contributed by atoms with Crippen LogP contribution in [0.4, 0.5) is 0 Å². The molecule has 0 aliphatic heterocycles. The van der Waals surface area contributed by atoms with Crippen LogP contribution in [0.25, 0.3) is 0 Å². The van der Waals surface area contributed by atoms with E-state index in [4.69, 9.17) is 79.4 Å². The van der Waals surface area contributed by atoms with Gasteiger partial charge in [0.25, 0.3) is 11.8 Å². The summed E-state index contributed by atoms with van der Waals surface area (Å²) in [4.78, 5) is 23.8. The number of nitrogens with one attached hydrogen (secondary N) is 2. The molecule has 0 spiro atoms. The third-order valence-electron chi connectivity index (χ3n) is 5.42. The van der Waals surface area contributed by atoms with Gasteiger partial charge in [0.05, 0.1) is 0 Å². The Labute approximate surface area is 317 Å². The van der Waals surface area contributed by atoms with E-state index in [1.54, 1.807) is 30.3 Å². The van der Waals surface area contributed by atoms with Crippen molar-refractivity contribution in [3.05, 3.63) is 139 Å². The monoisotopic (exact) mass is 906 g/mol. The molecule has 2 N–H and O–H groups in total. The first kappa shape index (κ1) is 40.8. The van der Waals surface area contributed by atoms with Crippen LogP contribution in [0, 0.1) is 13.8 Å². The second-order valence-corrected chi connectivity index (χ2v) is 28.1. The zero-order valence-electron chi connectivity index (χ0n) is 23.8. The van der Waals surface area contributed by atoms with Crippen LogP contribution in [0.3, 0.4) is 0 Å². The van der Waals surface area contributed by atoms with E-state index in [1.165, 1.54) is 0 Å². The molecule has 6 nitrogen and oxygen atoms in total. The molecule has 0 saturated carbocycles. The fourth-order valence-corrected chi connectivity index (χ4v) is 4.53. The molecule has 4 aromatic carbocycles. The minimum atomic E-state index is -3.69. The van der Waals surface area contributed by atoms with Crippen molar-refractivity contribution in [2.24, 2.45) is 10.2 Å². The van der Waals surface area contributed by atoms with Crippen molar-refractivity contribution in [3.8, 4) is 0 Å². The number of hydrogen-bond acceptors (Lipinski definition) is 4. The maximum atomic E-state index is 11.9. The molecule has 0 fully saturated rings. The van der Waals surface area contributed by atoms with Gasteiger partial charge in [-0.3, -0.25) is 20.4 Å². The topological polar surface area (TPSA) is 82.9 Å². The molecule has 4 rings (SSSR count). The van der Waals surface area contributed by atoms with Crippen molar-refractivity contribution in [2.75, 3.05) is 0 Å². The number of amides is 2. The molecular formula is C30H24Br2Cl7N4O2P. The number of carbonyl (C=O) groups is 2. The number of hydrogen-bond donors (Lipinski definition) is 2. The van der Waals surface area contributed by atoms with Gasteiger partial charge in [-0.15, -0.1) is 10.2 Å². The Bertz CT molecular complexity index is 1730. The van der Waals surface area contributed by atoms with E-state index < -0.39 is 3.37 Å². The Morgan fingerprint density at radius 3 is 1.50 bits per heavy atom. The predicted molar refractivity (Wildman–Crippen MR) is 207 cm³/mol. The van der Waals surface area contributed by atoms with Crippen LogP contribution in [0.2, 0.25) is 0 Å². The molecule has 0 aliphatic carbocycles. The van der Waals surface area contributed by atoms with Crippen molar-refractivity contribution in [3.63, 3.8) is 0 Å². The molecule has 0 unspecified atom stereocenters. The summed E-state index contributed by atoms with van der Waals surface area (Å²) in [5.41, 5.74) is 9.30. The van der Waals surface area contributed by atoms with E-state index in [1.807, 2.05) is 80.6 Å². The molecule has 0 bridgehead atoms. The van der Waals surface area contributed by atoms with E-state index in [0.717, 1.165) is 31.2 Å². The molecule has 2 amide bonds.